The van der Waals surface area contributed by atoms with Crippen molar-refractivity contribution in [2.24, 2.45) is 0 Å². The highest BCUT2D eigenvalue weighted by Gasteiger charge is 2.30. The van der Waals surface area contributed by atoms with Crippen molar-refractivity contribution in [2.45, 2.75) is 25.8 Å². The summed E-state index contributed by atoms with van der Waals surface area (Å²) in [6.45, 7) is 0. The van der Waals surface area contributed by atoms with E-state index in [1.165, 1.54) is 14.7 Å². The highest BCUT2D eigenvalue weighted by molar-refractivity contribution is 7.97. The van der Waals surface area contributed by atoms with Crippen LogP contribution in [0.15, 0.2) is 135 Å². The second kappa shape index (κ2) is 11.1. The van der Waals surface area contributed by atoms with Gasteiger partial charge in [0.1, 0.15) is 0 Å². The van der Waals surface area contributed by atoms with Crippen LogP contribution in [0.1, 0.15) is 5.56 Å². The minimum absolute atomic E-state index is 0.0146. The van der Waals surface area contributed by atoms with Crippen LogP contribution in [0.5, 0.6) is 0 Å². The first-order valence-corrected chi connectivity index (χ1v) is 11.8. The predicted molar refractivity (Wildman–Crippen MR) is 120 cm³/mol. The zero-order valence-corrected chi connectivity index (χ0v) is 18.4. The molecule has 4 rings (SSSR count). The van der Waals surface area contributed by atoms with Crippen LogP contribution in [0, 0.1) is 0 Å². The Hall–Kier alpha value is -2.87. The van der Waals surface area contributed by atoms with E-state index in [0.29, 0.717) is 0 Å². The van der Waals surface area contributed by atoms with Gasteiger partial charge in [-0.25, -0.2) is 0 Å². The zero-order chi connectivity index (χ0) is 23.0. The van der Waals surface area contributed by atoms with E-state index < -0.39 is 22.8 Å². The van der Waals surface area contributed by atoms with Crippen molar-refractivity contribution >= 4 is 22.0 Å². The van der Waals surface area contributed by atoms with E-state index in [9.17, 15) is 21.9 Å². The molecule has 4 aromatic rings. The van der Waals surface area contributed by atoms with E-state index in [-0.39, 0.29) is 15.8 Å². The van der Waals surface area contributed by atoms with Gasteiger partial charge in [0, 0.05) is 4.90 Å². The Kier molecular flexibility index (Phi) is 8.27. The summed E-state index contributed by atoms with van der Waals surface area (Å²) in [5.74, 6) is 0. The van der Waals surface area contributed by atoms with Gasteiger partial charge < -0.3 is 4.55 Å². The summed E-state index contributed by atoms with van der Waals surface area (Å²) in [7, 11) is -0.0146. The third-order valence-electron chi connectivity index (χ3n) is 4.31. The molecule has 1 unspecified atom stereocenters. The Labute approximate surface area is 190 Å². The summed E-state index contributed by atoms with van der Waals surface area (Å²) in [6, 6.07) is 35.4. The normalized spacial score (nSPS) is 12.0. The molecule has 0 amide bonds. The molecule has 0 fully saturated rings. The van der Waals surface area contributed by atoms with Gasteiger partial charge in [0.05, 0.1) is 16.5 Å². The summed E-state index contributed by atoms with van der Waals surface area (Å²) in [4.78, 5) is 3.92. The van der Waals surface area contributed by atoms with Gasteiger partial charge in [-0.2, -0.15) is 13.2 Å². The van der Waals surface area contributed by atoms with Crippen LogP contribution in [0.4, 0.5) is 13.2 Å². The van der Waals surface area contributed by atoms with Crippen LogP contribution < -0.4 is 0 Å². The molecule has 0 aliphatic rings. The lowest BCUT2D eigenvalue weighted by Crippen LogP contribution is -2.04. The molecule has 0 aliphatic carbocycles. The zero-order valence-electron chi connectivity index (χ0n) is 16.7. The van der Waals surface area contributed by atoms with Crippen molar-refractivity contribution in [3.8, 4) is 0 Å². The van der Waals surface area contributed by atoms with Crippen LogP contribution >= 0.6 is 0 Å². The average Bonchev–Trinajstić information content (AvgIpc) is 2.81. The van der Waals surface area contributed by atoms with Gasteiger partial charge in [-0.05, 0) is 71.7 Å². The average molecular weight is 473 g/mol. The molecule has 0 N–H and O–H groups in total. The van der Waals surface area contributed by atoms with Crippen molar-refractivity contribution in [1.82, 2.24) is 0 Å². The van der Waals surface area contributed by atoms with Crippen molar-refractivity contribution in [1.29, 1.82) is 0 Å². The molecule has 4 aromatic carbocycles. The summed E-state index contributed by atoms with van der Waals surface area (Å²) >= 11 is -2.48. The second-order valence-electron chi connectivity index (χ2n) is 6.50. The lowest BCUT2D eigenvalue weighted by molar-refractivity contribution is -0.137. The summed E-state index contributed by atoms with van der Waals surface area (Å²) < 4.78 is 56.5. The van der Waals surface area contributed by atoms with Crippen LogP contribution in [0.3, 0.4) is 0 Å². The van der Waals surface area contributed by atoms with Crippen molar-refractivity contribution in [2.75, 3.05) is 0 Å². The van der Waals surface area contributed by atoms with Gasteiger partial charge in [-0.3, -0.25) is 4.21 Å². The predicted octanol–water partition coefficient (Wildman–Crippen LogP) is 6.73. The maximum absolute atomic E-state index is 12.0. The van der Waals surface area contributed by atoms with Gasteiger partial charge in [0.25, 0.3) is 0 Å². The lowest BCUT2D eigenvalue weighted by Gasteiger charge is -2.08. The third-order valence-corrected chi connectivity index (χ3v) is 7.20. The highest BCUT2D eigenvalue weighted by Crippen LogP contribution is 2.31. The number of rotatable bonds is 4. The number of alkyl halides is 3. The van der Waals surface area contributed by atoms with Crippen molar-refractivity contribution in [3.63, 3.8) is 0 Å². The van der Waals surface area contributed by atoms with E-state index >= 15 is 0 Å². The van der Waals surface area contributed by atoms with Crippen molar-refractivity contribution < 1.29 is 21.9 Å². The lowest BCUT2D eigenvalue weighted by atomic mass is 10.2. The van der Waals surface area contributed by atoms with E-state index in [1.807, 2.05) is 0 Å². The quantitative estimate of drug-likeness (QED) is 0.244. The standard InChI is InChI=1S/C18H15S.C7H5F3O2S/c1-4-10-16(11-5-1)19(17-12-6-2-7-13-17)18-14-8-3-9-15-18;8-7(9,10)5-1-3-6(4-2-5)13(11)12/h1-15H;1-4H,(H,11,12)/q+1;/p-1. The fourth-order valence-corrected chi connectivity index (χ4v) is 5.30. The molecular formula is C25H19F3O2S2. The molecular weight excluding hydrogens is 453 g/mol. The number of halogens is 3. The molecule has 0 heterocycles. The monoisotopic (exact) mass is 472 g/mol. The Morgan fingerprint density at radius 3 is 1.22 bits per heavy atom. The summed E-state index contributed by atoms with van der Waals surface area (Å²) in [5.41, 5.74) is -0.860. The number of benzene rings is 4. The molecule has 2 nitrogen and oxygen atoms in total. The topological polar surface area (TPSA) is 40.1 Å². The molecule has 0 saturated heterocycles. The molecule has 7 heteroatoms. The first kappa shape index (κ1) is 23.8. The second-order valence-corrected chi connectivity index (χ2v) is 9.47. The molecule has 1 atom stereocenters. The minimum atomic E-state index is -4.43. The Morgan fingerprint density at radius 1 is 0.594 bits per heavy atom. The Balaban J connectivity index is 0.000000195. The van der Waals surface area contributed by atoms with E-state index in [0.717, 1.165) is 24.3 Å². The summed E-state index contributed by atoms with van der Waals surface area (Å²) in [6.07, 6.45) is -4.43. The smallest absolute Gasteiger partial charge is 0.416 e. The molecule has 164 valence electrons. The Bertz CT molecular complexity index is 1020. The first-order chi connectivity index (χ1) is 15.4. The maximum atomic E-state index is 12.0. The molecule has 0 aromatic heterocycles. The van der Waals surface area contributed by atoms with Gasteiger partial charge in [-0.1, -0.05) is 54.6 Å². The first-order valence-electron chi connectivity index (χ1n) is 9.52. The van der Waals surface area contributed by atoms with E-state index in [2.05, 4.69) is 91.0 Å². The highest BCUT2D eigenvalue weighted by atomic mass is 32.2. The van der Waals surface area contributed by atoms with Gasteiger partial charge in [-0.15, -0.1) is 0 Å². The Morgan fingerprint density at radius 2 is 0.938 bits per heavy atom. The van der Waals surface area contributed by atoms with Gasteiger partial charge in [0.15, 0.2) is 14.7 Å². The van der Waals surface area contributed by atoms with E-state index in [1.54, 1.807) is 0 Å². The largest absolute Gasteiger partial charge is 0.768 e. The van der Waals surface area contributed by atoms with Crippen molar-refractivity contribution in [3.05, 3.63) is 121 Å². The molecule has 0 radical (unpaired) electrons. The third kappa shape index (κ3) is 6.56. The van der Waals surface area contributed by atoms with E-state index in [4.69, 9.17) is 0 Å². The minimum Gasteiger partial charge on any atom is -0.768 e. The van der Waals surface area contributed by atoms with Crippen LogP contribution in [-0.4, -0.2) is 8.76 Å². The SMILES string of the molecule is O=S([O-])c1ccc(C(F)(F)F)cc1.c1ccc([S+](c2ccccc2)c2ccccc2)cc1. The molecule has 0 aliphatic heterocycles. The van der Waals surface area contributed by atoms with Crippen LogP contribution in [0.2, 0.25) is 0 Å². The maximum Gasteiger partial charge on any atom is 0.416 e. The number of hydrogen-bond acceptors (Lipinski definition) is 2. The molecule has 0 bridgehead atoms. The van der Waals surface area contributed by atoms with Gasteiger partial charge >= 0.3 is 6.18 Å². The van der Waals surface area contributed by atoms with Crippen LogP contribution in [-0.2, 0) is 28.2 Å². The molecule has 0 saturated carbocycles. The fraction of sp³-hybridized carbons (Fsp3) is 0.0400. The van der Waals surface area contributed by atoms with Crippen LogP contribution in [0.25, 0.3) is 0 Å². The molecule has 0 spiro atoms. The molecule has 32 heavy (non-hydrogen) atoms. The summed E-state index contributed by atoms with van der Waals surface area (Å²) in [5, 5.41) is 0. The number of hydrogen-bond donors (Lipinski definition) is 0. The fourth-order valence-electron chi connectivity index (χ4n) is 2.83. The van der Waals surface area contributed by atoms with Gasteiger partial charge in [0.2, 0.25) is 0 Å².